The van der Waals surface area contributed by atoms with Gasteiger partial charge in [-0.1, -0.05) is 12.2 Å². The summed E-state index contributed by atoms with van der Waals surface area (Å²) in [5.41, 5.74) is 9.50. The van der Waals surface area contributed by atoms with E-state index in [1.165, 1.54) is 0 Å². The van der Waals surface area contributed by atoms with Crippen LogP contribution < -0.4 is 15.8 Å². The quantitative estimate of drug-likeness (QED) is 0.813. The summed E-state index contributed by atoms with van der Waals surface area (Å²) in [7, 11) is 1.67. The van der Waals surface area contributed by atoms with Gasteiger partial charge in [0.2, 0.25) is 0 Å². The molecule has 0 amide bonds. The van der Waals surface area contributed by atoms with Crippen LogP contribution in [0.15, 0.2) is 40.9 Å². The fraction of sp³-hybridized carbons (Fsp3) is 0.133. The van der Waals surface area contributed by atoms with Crippen LogP contribution in [0.4, 0.5) is 11.4 Å². The van der Waals surface area contributed by atoms with Crippen molar-refractivity contribution in [1.29, 1.82) is 0 Å². The molecule has 0 heterocycles. The summed E-state index contributed by atoms with van der Waals surface area (Å²) in [6, 6.07) is 11.7. The summed E-state index contributed by atoms with van der Waals surface area (Å²) in [4.78, 5) is 0.378. The summed E-state index contributed by atoms with van der Waals surface area (Å²) >= 11 is 8.45. The molecule has 3 nitrogen and oxygen atoms in total. The Labute approximate surface area is 132 Å². The maximum atomic E-state index is 5.64. The standard InChI is InChI=1S/C15H15BrN2OS/c1-9-7-10(4-6-14(9)19-2)18-11-3-5-12(15(17)20)13(16)8-11/h3-8,18H,1-2H3,(H2,17,20). The minimum absolute atomic E-state index is 0.378. The highest BCUT2D eigenvalue weighted by Crippen LogP contribution is 2.27. The van der Waals surface area contributed by atoms with E-state index < -0.39 is 0 Å². The highest BCUT2D eigenvalue weighted by Gasteiger charge is 2.05. The second-order valence-electron chi connectivity index (χ2n) is 4.37. The molecule has 5 heteroatoms. The zero-order valence-corrected chi connectivity index (χ0v) is 13.6. The van der Waals surface area contributed by atoms with Crippen LogP contribution in [0.25, 0.3) is 0 Å². The Hall–Kier alpha value is -1.59. The van der Waals surface area contributed by atoms with Gasteiger partial charge < -0.3 is 15.8 Å². The predicted molar refractivity (Wildman–Crippen MR) is 91.0 cm³/mol. The van der Waals surface area contributed by atoms with Gasteiger partial charge in [-0.25, -0.2) is 0 Å². The van der Waals surface area contributed by atoms with Crippen molar-refractivity contribution in [1.82, 2.24) is 0 Å². The van der Waals surface area contributed by atoms with Gasteiger partial charge >= 0.3 is 0 Å². The fourth-order valence-electron chi connectivity index (χ4n) is 1.92. The number of hydrogen-bond donors (Lipinski definition) is 2. The van der Waals surface area contributed by atoms with Crippen LogP contribution in [-0.2, 0) is 0 Å². The van der Waals surface area contributed by atoms with Gasteiger partial charge in [-0.2, -0.15) is 0 Å². The van der Waals surface area contributed by atoms with E-state index in [0.29, 0.717) is 4.99 Å². The van der Waals surface area contributed by atoms with Crippen molar-refractivity contribution in [3.8, 4) is 5.75 Å². The summed E-state index contributed by atoms with van der Waals surface area (Å²) in [6.45, 7) is 2.01. The zero-order valence-electron chi connectivity index (χ0n) is 11.2. The first-order valence-corrected chi connectivity index (χ1v) is 7.22. The monoisotopic (exact) mass is 350 g/mol. The van der Waals surface area contributed by atoms with Gasteiger partial charge in [0.25, 0.3) is 0 Å². The van der Waals surface area contributed by atoms with Crippen LogP contribution in [0.5, 0.6) is 5.75 Å². The van der Waals surface area contributed by atoms with Gasteiger partial charge in [-0.3, -0.25) is 0 Å². The number of nitrogens with one attached hydrogen (secondary N) is 1. The van der Waals surface area contributed by atoms with E-state index in [2.05, 4.69) is 21.2 Å². The van der Waals surface area contributed by atoms with E-state index >= 15 is 0 Å². The third kappa shape index (κ3) is 3.29. The number of halogens is 1. The third-order valence-electron chi connectivity index (χ3n) is 2.92. The van der Waals surface area contributed by atoms with Gasteiger partial charge in [-0.05, 0) is 64.8 Å². The predicted octanol–water partition coefficient (Wildman–Crippen LogP) is 4.14. The van der Waals surface area contributed by atoms with Crippen LogP contribution in [0.3, 0.4) is 0 Å². The van der Waals surface area contributed by atoms with Crippen molar-refractivity contribution in [3.05, 3.63) is 52.0 Å². The topological polar surface area (TPSA) is 47.3 Å². The Morgan fingerprint density at radius 3 is 2.40 bits per heavy atom. The normalized spacial score (nSPS) is 10.2. The SMILES string of the molecule is COc1ccc(Nc2ccc(C(N)=S)c(Br)c2)cc1C. The molecule has 0 bridgehead atoms. The van der Waals surface area contributed by atoms with Crippen molar-refractivity contribution in [2.75, 3.05) is 12.4 Å². The molecule has 0 atom stereocenters. The average molecular weight is 351 g/mol. The molecule has 0 saturated heterocycles. The van der Waals surface area contributed by atoms with E-state index in [1.807, 2.05) is 43.3 Å². The lowest BCUT2D eigenvalue weighted by Gasteiger charge is -2.11. The largest absolute Gasteiger partial charge is 0.496 e. The average Bonchev–Trinajstić information content (AvgIpc) is 2.38. The molecule has 0 aromatic heterocycles. The second-order valence-corrected chi connectivity index (χ2v) is 5.66. The van der Waals surface area contributed by atoms with Crippen molar-refractivity contribution < 1.29 is 4.74 Å². The first kappa shape index (κ1) is 14.8. The lowest BCUT2D eigenvalue weighted by Crippen LogP contribution is -2.10. The van der Waals surface area contributed by atoms with Crippen molar-refractivity contribution >= 4 is 44.5 Å². The third-order valence-corrected chi connectivity index (χ3v) is 3.79. The van der Waals surface area contributed by atoms with E-state index in [4.69, 9.17) is 22.7 Å². The zero-order chi connectivity index (χ0) is 14.7. The molecule has 0 fully saturated rings. The molecule has 0 saturated carbocycles. The fourth-order valence-corrected chi connectivity index (χ4v) is 2.82. The lowest BCUT2D eigenvalue weighted by atomic mass is 10.1. The summed E-state index contributed by atoms with van der Waals surface area (Å²) < 4.78 is 6.12. The van der Waals surface area contributed by atoms with Crippen LogP contribution in [0.2, 0.25) is 0 Å². The molecule has 0 unspecified atom stereocenters. The Morgan fingerprint density at radius 2 is 1.85 bits per heavy atom. The molecule has 0 radical (unpaired) electrons. The Morgan fingerprint density at radius 1 is 1.20 bits per heavy atom. The van der Waals surface area contributed by atoms with Gasteiger partial charge in [-0.15, -0.1) is 0 Å². The molecule has 0 aliphatic heterocycles. The van der Waals surface area contributed by atoms with Gasteiger partial charge in [0, 0.05) is 21.4 Å². The molecule has 104 valence electrons. The van der Waals surface area contributed by atoms with Crippen LogP contribution >= 0.6 is 28.1 Å². The van der Waals surface area contributed by atoms with Crippen molar-refractivity contribution in [2.24, 2.45) is 5.73 Å². The Balaban J connectivity index is 2.24. The van der Waals surface area contributed by atoms with E-state index in [9.17, 15) is 0 Å². The summed E-state index contributed by atoms with van der Waals surface area (Å²) in [5, 5.41) is 3.33. The van der Waals surface area contributed by atoms with E-state index in [-0.39, 0.29) is 0 Å². The van der Waals surface area contributed by atoms with Crippen LogP contribution in [0.1, 0.15) is 11.1 Å². The number of ether oxygens (including phenoxy) is 1. The minimum Gasteiger partial charge on any atom is -0.496 e. The first-order chi connectivity index (χ1) is 9.51. The Kier molecular flexibility index (Phi) is 4.62. The highest BCUT2D eigenvalue weighted by atomic mass is 79.9. The molecule has 2 aromatic rings. The maximum Gasteiger partial charge on any atom is 0.121 e. The smallest absolute Gasteiger partial charge is 0.121 e. The number of hydrogen-bond acceptors (Lipinski definition) is 3. The molecule has 3 N–H and O–H groups in total. The Bertz CT molecular complexity index is 658. The van der Waals surface area contributed by atoms with Crippen LogP contribution in [-0.4, -0.2) is 12.1 Å². The number of rotatable bonds is 4. The maximum absolute atomic E-state index is 5.64. The van der Waals surface area contributed by atoms with Gasteiger partial charge in [0.05, 0.1) is 7.11 Å². The second kappa shape index (κ2) is 6.24. The van der Waals surface area contributed by atoms with E-state index in [0.717, 1.165) is 32.7 Å². The molecule has 20 heavy (non-hydrogen) atoms. The summed E-state index contributed by atoms with van der Waals surface area (Å²) in [6.07, 6.45) is 0. The van der Waals surface area contributed by atoms with Crippen molar-refractivity contribution in [2.45, 2.75) is 6.92 Å². The lowest BCUT2D eigenvalue weighted by molar-refractivity contribution is 0.412. The molecular weight excluding hydrogens is 336 g/mol. The van der Waals surface area contributed by atoms with Gasteiger partial charge in [0.15, 0.2) is 0 Å². The van der Waals surface area contributed by atoms with E-state index in [1.54, 1.807) is 7.11 Å². The molecule has 0 aliphatic carbocycles. The highest BCUT2D eigenvalue weighted by molar-refractivity contribution is 9.10. The number of methoxy groups -OCH3 is 1. The number of aryl methyl sites for hydroxylation is 1. The van der Waals surface area contributed by atoms with Crippen LogP contribution in [0, 0.1) is 6.92 Å². The first-order valence-electron chi connectivity index (χ1n) is 6.02. The summed E-state index contributed by atoms with van der Waals surface area (Å²) in [5.74, 6) is 0.876. The van der Waals surface area contributed by atoms with Crippen molar-refractivity contribution in [3.63, 3.8) is 0 Å². The molecule has 0 aliphatic rings. The number of anilines is 2. The minimum atomic E-state index is 0.378. The molecule has 2 aromatic carbocycles. The molecular formula is C15H15BrN2OS. The number of thiocarbonyl (C=S) groups is 1. The molecule has 0 spiro atoms. The number of nitrogens with two attached hydrogens (primary N) is 1. The molecule has 2 rings (SSSR count). The number of benzene rings is 2. The van der Waals surface area contributed by atoms with Gasteiger partial charge in [0.1, 0.15) is 10.7 Å².